The average Bonchev–Trinajstić information content (AvgIpc) is 2.94. The maximum absolute atomic E-state index is 11.7. The van der Waals surface area contributed by atoms with Gasteiger partial charge in [-0.15, -0.1) is 11.3 Å². The number of nitrogens with zero attached hydrogens (tertiary/aromatic N) is 1. The van der Waals surface area contributed by atoms with Gasteiger partial charge in [0.1, 0.15) is 5.01 Å². The van der Waals surface area contributed by atoms with Gasteiger partial charge in [-0.3, -0.25) is 9.59 Å². The first-order valence-electron chi connectivity index (χ1n) is 5.67. The van der Waals surface area contributed by atoms with Crippen molar-refractivity contribution < 1.29 is 9.59 Å². The molecule has 1 atom stereocenters. The molecule has 1 aromatic heterocycles. The minimum absolute atomic E-state index is 0.0485. The monoisotopic (exact) mass is 253 g/mol. The van der Waals surface area contributed by atoms with Gasteiger partial charge in [0.2, 0.25) is 11.8 Å². The van der Waals surface area contributed by atoms with E-state index in [1.165, 1.54) is 4.88 Å². The number of hydrogen-bond acceptors (Lipinski definition) is 4. The van der Waals surface area contributed by atoms with Crippen molar-refractivity contribution in [3.63, 3.8) is 0 Å². The molecule has 0 aromatic carbocycles. The number of amides is 2. The summed E-state index contributed by atoms with van der Waals surface area (Å²) in [6.45, 7) is 2.97. The maximum atomic E-state index is 11.7. The molecule has 2 rings (SSSR count). The predicted molar refractivity (Wildman–Crippen MR) is 64.5 cm³/mol. The topological polar surface area (TPSA) is 71.1 Å². The summed E-state index contributed by atoms with van der Waals surface area (Å²) in [7, 11) is 0. The van der Waals surface area contributed by atoms with E-state index < -0.39 is 0 Å². The van der Waals surface area contributed by atoms with Crippen LogP contribution in [0, 0.1) is 5.92 Å². The van der Waals surface area contributed by atoms with Crippen LogP contribution in [0.1, 0.15) is 23.2 Å². The van der Waals surface area contributed by atoms with Crippen molar-refractivity contribution in [2.75, 3.05) is 6.54 Å². The van der Waals surface area contributed by atoms with Crippen molar-refractivity contribution in [1.29, 1.82) is 0 Å². The molecule has 92 valence electrons. The molecule has 6 heteroatoms. The third-order valence-electron chi connectivity index (χ3n) is 2.71. The molecule has 2 amide bonds. The van der Waals surface area contributed by atoms with E-state index in [2.05, 4.69) is 22.5 Å². The highest BCUT2D eigenvalue weighted by atomic mass is 32.1. The number of aryl methyl sites for hydroxylation is 1. The van der Waals surface area contributed by atoms with Crippen LogP contribution in [0.15, 0.2) is 6.20 Å². The Bertz CT molecular complexity index is 430. The van der Waals surface area contributed by atoms with Gasteiger partial charge in [0.25, 0.3) is 0 Å². The lowest BCUT2D eigenvalue weighted by atomic mass is 10.1. The summed E-state index contributed by atoms with van der Waals surface area (Å²) < 4.78 is 0. The minimum Gasteiger partial charge on any atom is -0.355 e. The molecule has 1 aliphatic rings. The van der Waals surface area contributed by atoms with E-state index >= 15 is 0 Å². The van der Waals surface area contributed by atoms with Crippen LogP contribution in [-0.4, -0.2) is 23.3 Å². The van der Waals surface area contributed by atoms with E-state index in [4.69, 9.17) is 0 Å². The Kier molecular flexibility index (Phi) is 3.73. The van der Waals surface area contributed by atoms with Gasteiger partial charge in [0, 0.05) is 24.0 Å². The molecule has 1 fully saturated rings. The summed E-state index contributed by atoms with van der Waals surface area (Å²) in [5.74, 6) is -0.350. The fourth-order valence-corrected chi connectivity index (χ4v) is 2.49. The molecule has 0 radical (unpaired) electrons. The first-order chi connectivity index (χ1) is 8.19. The predicted octanol–water partition coefficient (Wildman–Crippen LogP) is 0.458. The van der Waals surface area contributed by atoms with Crippen molar-refractivity contribution in [3.05, 3.63) is 16.1 Å². The summed E-state index contributed by atoms with van der Waals surface area (Å²) in [5.41, 5.74) is 0. The maximum Gasteiger partial charge on any atom is 0.225 e. The van der Waals surface area contributed by atoms with Crippen LogP contribution in [0.3, 0.4) is 0 Å². The first kappa shape index (κ1) is 12.0. The zero-order chi connectivity index (χ0) is 12.3. The van der Waals surface area contributed by atoms with Crippen LogP contribution in [-0.2, 0) is 22.6 Å². The fourth-order valence-electron chi connectivity index (χ4n) is 1.69. The highest BCUT2D eigenvalue weighted by molar-refractivity contribution is 7.11. The van der Waals surface area contributed by atoms with E-state index in [-0.39, 0.29) is 17.7 Å². The van der Waals surface area contributed by atoms with E-state index in [9.17, 15) is 9.59 Å². The van der Waals surface area contributed by atoms with Crippen molar-refractivity contribution in [2.24, 2.45) is 5.92 Å². The molecular formula is C11H15N3O2S. The number of carbonyl (C=O) groups excluding carboxylic acids is 2. The zero-order valence-corrected chi connectivity index (χ0v) is 10.5. The van der Waals surface area contributed by atoms with Gasteiger partial charge in [0.05, 0.1) is 12.5 Å². The molecule has 0 spiro atoms. The lowest BCUT2D eigenvalue weighted by Gasteiger charge is -2.07. The van der Waals surface area contributed by atoms with Crippen LogP contribution >= 0.6 is 11.3 Å². The smallest absolute Gasteiger partial charge is 0.225 e. The summed E-state index contributed by atoms with van der Waals surface area (Å²) in [6, 6.07) is 0. The van der Waals surface area contributed by atoms with Crippen LogP contribution in [0.4, 0.5) is 0 Å². The van der Waals surface area contributed by atoms with Gasteiger partial charge in [-0.1, -0.05) is 6.92 Å². The van der Waals surface area contributed by atoms with Gasteiger partial charge < -0.3 is 10.6 Å². The molecular weight excluding hydrogens is 238 g/mol. The van der Waals surface area contributed by atoms with Crippen LogP contribution in [0.5, 0.6) is 0 Å². The van der Waals surface area contributed by atoms with E-state index in [0.29, 0.717) is 19.5 Å². The van der Waals surface area contributed by atoms with E-state index in [1.54, 1.807) is 11.3 Å². The summed E-state index contributed by atoms with van der Waals surface area (Å²) in [6.07, 6.45) is 3.10. The fraction of sp³-hybridized carbons (Fsp3) is 0.545. The van der Waals surface area contributed by atoms with Crippen LogP contribution in [0.25, 0.3) is 0 Å². The van der Waals surface area contributed by atoms with Gasteiger partial charge in [-0.05, 0) is 6.42 Å². The molecule has 1 unspecified atom stereocenters. The lowest BCUT2D eigenvalue weighted by Crippen LogP contribution is -2.31. The minimum atomic E-state index is -0.229. The lowest BCUT2D eigenvalue weighted by molar-refractivity contribution is -0.126. The third-order valence-corrected chi connectivity index (χ3v) is 3.85. The quantitative estimate of drug-likeness (QED) is 0.819. The van der Waals surface area contributed by atoms with Crippen molar-refractivity contribution in [3.8, 4) is 0 Å². The first-order valence-corrected chi connectivity index (χ1v) is 6.48. The molecule has 0 aliphatic carbocycles. The Labute approximate surface area is 104 Å². The molecule has 1 aromatic rings. The molecule has 5 nitrogen and oxygen atoms in total. The molecule has 2 heterocycles. The highest BCUT2D eigenvalue weighted by Gasteiger charge is 2.27. The van der Waals surface area contributed by atoms with Gasteiger partial charge in [-0.25, -0.2) is 4.98 Å². The zero-order valence-electron chi connectivity index (χ0n) is 9.66. The van der Waals surface area contributed by atoms with Gasteiger partial charge in [-0.2, -0.15) is 0 Å². The number of thiazole rings is 1. The van der Waals surface area contributed by atoms with Crippen molar-refractivity contribution in [1.82, 2.24) is 15.6 Å². The second kappa shape index (κ2) is 5.27. The largest absolute Gasteiger partial charge is 0.355 e. The molecule has 0 saturated carbocycles. The van der Waals surface area contributed by atoms with Crippen molar-refractivity contribution in [2.45, 2.75) is 26.3 Å². The van der Waals surface area contributed by atoms with E-state index in [0.717, 1.165) is 11.4 Å². The molecule has 17 heavy (non-hydrogen) atoms. The van der Waals surface area contributed by atoms with Gasteiger partial charge in [0.15, 0.2) is 0 Å². The molecule has 2 N–H and O–H groups in total. The van der Waals surface area contributed by atoms with Gasteiger partial charge >= 0.3 is 0 Å². The normalized spacial score (nSPS) is 19.1. The van der Waals surface area contributed by atoms with Crippen LogP contribution in [0.2, 0.25) is 0 Å². The second-order valence-electron chi connectivity index (χ2n) is 4.00. The Morgan fingerprint density at radius 1 is 1.71 bits per heavy atom. The molecule has 1 saturated heterocycles. The Morgan fingerprint density at radius 2 is 2.53 bits per heavy atom. The Hall–Kier alpha value is -1.43. The molecule has 1 aliphatic heterocycles. The van der Waals surface area contributed by atoms with E-state index in [1.807, 2.05) is 6.20 Å². The van der Waals surface area contributed by atoms with Crippen molar-refractivity contribution >= 4 is 23.2 Å². The second-order valence-corrected chi connectivity index (χ2v) is 5.20. The Balaban J connectivity index is 1.81. The Morgan fingerprint density at radius 3 is 3.12 bits per heavy atom. The standard InChI is InChI=1S/C11H15N3O2S/c1-2-8-5-13-10(17-8)6-14-11(16)7-3-9(15)12-4-7/h5,7H,2-4,6H2,1H3,(H,12,15)(H,14,16). The third kappa shape index (κ3) is 3.03. The number of nitrogens with one attached hydrogen (secondary N) is 2. The van der Waals surface area contributed by atoms with Crippen LogP contribution < -0.4 is 10.6 Å². The number of rotatable bonds is 4. The summed E-state index contributed by atoms with van der Waals surface area (Å²) in [4.78, 5) is 28.1. The average molecular weight is 253 g/mol. The molecule has 0 bridgehead atoms. The summed E-state index contributed by atoms with van der Waals surface area (Å²) >= 11 is 1.61. The number of aromatic nitrogens is 1. The number of hydrogen-bond donors (Lipinski definition) is 2. The summed E-state index contributed by atoms with van der Waals surface area (Å²) in [5, 5.41) is 6.37. The highest BCUT2D eigenvalue weighted by Crippen LogP contribution is 2.14. The number of carbonyl (C=O) groups is 2. The SMILES string of the molecule is CCc1cnc(CNC(=O)C2CNC(=O)C2)s1.